The summed E-state index contributed by atoms with van der Waals surface area (Å²) in [5.74, 6) is 0.961. The van der Waals surface area contributed by atoms with E-state index in [9.17, 15) is 0 Å². The lowest BCUT2D eigenvalue weighted by Gasteiger charge is -2.39. The van der Waals surface area contributed by atoms with E-state index >= 15 is 0 Å². The van der Waals surface area contributed by atoms with Crippen molar-refractivity contribution in [2.24, 2.45) is 0 Å². The first kappa shape index (κ1) is 14.3. The normalized spacial score (nSPS) is 16.1. The summed E-state index contributed by atoms with van der Waals surface area (Å²) in [6, 6.07) is 9.97. The van der Waals surface area contributed by atoms with E-state index in [1.54, 1.807) is 0 Å². The number of aliphatic hydroxyl groups excluding tert-OH is 1. The number of likely N-dealkylation sites (tertiary alicyclic amines) is 1. The maximum atomic E-state index is 8.67. The molecule has 0 amide bonds. The van der Waals surface area contributed by atoms with Crippen molar-refractivity contribution in [2.75, 3.05) is 26.2 Å². The average molecular weight is 258 g/mol. The molecular formula is C13H20ClNO2. The first-order valence-corrected chi connectivity index (χ1v) is 5.93. The summed E-state index contributed by atoms with van der Waals surface area (Å²) in [5.41, 5.74) is 0. The Morgan fingerprint density at radius 2 is 1.88 bits per heavy atom. The maximum absolute atomic E-state index is 8.67. The number of hydrogen-bond donors (Lipinski definition) is 1. The van der Waals surface area contributed by atoms with Crippen LogP contribution in [0.15, 0.2) is 30.3 Å². The molecule has 0 unspecified atom stereocenters. The lowest BCUT2D eigenvalue weighted by atomic mass is 10.1. The van der Waals surface area contributed by atoms with E-state index in [4.69, 9.17) is 9.84 Å². The quantitative estimate of drug-likeness (QED) is 0.791. The smallest absolute Gasteiger partial charge is 0.124 e. The molecule has 0 aromatic heterocycles. The van der Waals surface area contributed by atoms with Crippen molar-refractivity contribution in [1.82, 2.24) is 4.90 Å². The molecule has 0 atom stereocenters. The zero-order valence-electron chi connectivity index (χ0n) is 9.92. The zero-order chi connectivity index (χ0) is 11.2. The second-order valence-corrected chi connectivity index (χ2v) is 4.24. The van der Waals surface area contributed by atoms with Crippen molar-refractivity contribution >= 4 is 12.4 Å². The van der Waals surface area contributed by atoms with Crippen molar-refractivity contribution in [3.63, 3.8) is 0 Å². The molecule has 1 aromatic carbocycles. The molecular weight excluding hydrogens is 238 g/mol. The van der Waals surface area contributed by atoms with E-state index in [2.05, 4.69) is 4.90 Å². The van der Waals surface area contributed by atoms with Crippen molar-refractivity contribution in [2.45, 2.75) is 18.9 Å². The third-order valence-electron chi connectivity index (χ3n) is 2.85. The Balaban J connectivity index is 0.00000144. The maximum Gasteiger partial charge on any atom is 0.124 e. The van der Waals surface area contributed by atoms with E-state index in [1.165, 1.54) is 0 Å². The van der Waals surface area contributed by atoms with Crippen LogP contribution in [0, 0.1) is 0 Å². The van der Waals surface area contributed by atoms with Gasteiger partial charge in [0.05, 0.1) is 0 Å². The van der Waals surface area contributed by atoms with Crippen molar-refractivity contribution < 1.29 is 9.84 Å². The van der Waals surface area contributed by atoms with Crippen LogP contribution < -0.4 is 4.74 Å². The number of unbranched alkanes of at least 4 members (excludes halogenated alkanes) is 1. The van der Waals surface area contributed by atoms with Gasteiger partial charge in [0.15, 0.2) is 0 Å². The fraction of sp³-hybridized carbons (Fsp3) is 0.538. The Hall–Kier alpha value is -0.770. The van der Waals surface area contributed by atoms with Crippen molar-refractivity contribution in [3.8, 4) is 5.75 Å². The molecule has 0 spiro atoms. The van der Waals surface area contributed by atoms with Gasteiger partial charge in [-0.1, -0.05) is 18.2 Å². The predicted octanol–water partition coefficient (Wildman–Crippen LogP) is 1.94. The van der Waals surface area contributed by atoms with Gasteiger partial charge in [-0.05, 0) is 31.5 Å². The minimum atomic E-state index is 0. The van der Waals surface area contributed by atoms with Crippen LogP contribution in [0.4, 0.5) is 0 Å². The number of para-hydroxylation sites is 1. The van der Waals surface area contributed by atoms with Crippen molar-refractivity contribution in [3.05, 3.63) is 30.3 Å². The van der Waals surface area contributed by atoms with E-state index in [-0.39, 0.29) is 12.4 Å². The molecule has 1 fully saturated rings. The molecule has 1 aromatic rings. The van der Waals surface area contributed by atoms with E-state index < -0.39 is 0 Å². The van der Waals surface area contributed by atoms with Gasteiger partial charge >= 0.3 is 0 Å². The van der Waals surface area contributed by atoms with E-state index in [1.807, 2.05) is 30.3 Å². The van der Waals surface area contributed by atoms with Gasteiger partial charge < -0.3 is 9.84 Å². The molecule has 1 heterocycles. The predicted molar refractivity (Wildman–Crippen MR) is 70.9 cm³/mol. The second kappa shape index (κ2) is 7.54. The molecule has 1 aliphatic rings. The number of benzene rings is 1. The van der Waals surface area contributed by atoms with Crippen LogP contribution >= 0.6 is 12.4 Å². The second-order valence-electron chi connectivity index (χ2n) is 4.24. The molecule has 0 aliphatic carbocycles. The summed E-state index contributed by atoms with van der Waals surface area (Å²) in [5, 5.41) is 8.67. The van der Waals surface area contributed by atoms with Crippen LogP contribution in [0.3, 0.4) is 0 Å². The van der Waals surface area contributed by atoms with Crippen LogP contribution in [0.2, 0.25) is 0 Å². The Kier molecular flexibility index (Phi) is 6.34. The number of hydrogen-bond acceptors (Lipinski definition) is 3. The highest BCUT2D eigenvalue weighted by Crippen LogP contribution is 2.17. The molecule has 17 heavy (non-hydrogen) atoms. The molecule has 2 rings (SSSR count). The van der Waals surface area contributed by atoms with E-state index in [0.29, 0.717) is 12.7 Å². The van der Waals surface area contributed by atoms with Gasteiger partial charge in [0.25, 0.3) is 0 Å². The highest BCUT2D eigenvalue weighted by atomic mass is 35.5. The number of rotatable bonds is 6. The molecule has 96 valence electrons. The van der Waals surface area contributed by atoms with Gasteiger partial charge in [0.2, 0.25) is 0 Å². The fourth-order valence-electron chi connectivity index (χ4n) is 1.92. The van der Waals surface area contributed by atoms with Gasteiger partial charge in [0.1, 0.15) is 11.9 Å². The lowest BCUT2D eigenvalue weighted by molar-refractivity contribution is 0.0185. The minimum absolute atomic E-state index is 0. The monoisotopic (exact) mass is 257 g/mol. The van der Waals surface area contributed by atoms with Crippen LogP contribution in [-0.4, -0.2) is 42.4 Å². The summed E-state index contributed by atoms with van der Waals surface area (Å²) in [7, 11) is 0. The first-order chi connectivity index (χ1) is 7.88. The largest absolute Gasteiger partial charge is 0.488 e. The molecule has 0 bridgehead atoms. The Morgan fingerprint density at radius 1 is 1.18 bits per heavy atom. The minimum Gasteiger partial charge on any atom is -0.488 e. The van der Waals surface area contributed by atoms with Crippen molar-refractivity contribution in [1.29, 1.82) is 0 Å². The summed E-state index contributed by atoms with van der Waals surface area (Å²) < 4.78 is 5.80. The SMILES string of the molecule is Cl.OCCCCN1CC(Oc2ccccc2)C1. The van der Waals surface area contributed by atoms with Crippen LogP contribution in [0.1, 0.15) is 12.8 Å². The molecule has 0 radical (unpaired) electrons. The Bertz CT molecular complexity index is 302. The van der Waals surface area contributed by atoms with Crippen LogP contribution in [0.5, 0.6) is 5.75 Å². The highest BCUT2D eigenvalue weighted by Gasteiger charge is 2.27. The molecule has 1 N–H and O–H groups in total. The summed E-state index contributed by atoms with van der Waals surface area (Å²) in [6.45, 7) is 3.41. The fourth-order valence-corrected chi connectivity index (χ4v) is 1.92. The van der Waals surface area contributed by atoms with Gasteiger partial charge in [-0.15, -0.1) is 12.4 Å². The topological polar surface area (TPSA) is 32.7 Å². The number of aliphatic hydroxyl groups is 1. The zero-order valence-corrected chi connectivity index (χ0v) is 10.7. The summed E-state index contributed by atoms with van der Waals surface area (Å²) in [4.78, 5) is 2.36. The molecule has 3 nitrogen and oxygen atoms in total. The number of halogens is 1. The Morgan fingerprint density at radius 3 is 2.53 bits per heavy atom. The average Bonchev–Trinajstić information content (AvgIpc) is 2.27. The third-order valence-corrected chi connectivity index (χ3v) is 2.85. The van der Waals surface area contributed by atoms with Gasteiger partial charge in [0, 0.05) is 19.7 Å². The van der Waals surface area contributed by atoms with Gasteiger partial charge in [-0.25, -0.2) is 0 Å². The van der Waals surface area contributed by atoms with Gasteiger partial charge in [-0.2, -0.15) is 0 Å². The number of ether oxygens (including phenoxy) is 1. The molecule has 4 heteroatoms. The highest BCUT2D eigenvalue weighted by molar-refractivity contribution is 5.85. The van der Waals surface area contributed by atoms with Crippen LogP contribution in [0.25, 0.3) is 0 Å². The molecule has 0 saturated carbocycles. The van der Waals surface area contributed by atoms with Crippen LogP contribution in [-0.2, 0) is 0 Å². The Labute approximate surface area is 109 Å². The summed E-state index contributed by atoms with van der Waals surface area (Å²) in [6.07, 6.45) is 2.33. The molecule has 1 saturated heterocycles. The van der Waals surface area contributed by atoms with E-state index in [0.717, 1.165) is 38.2 Å². The number of nitrogens with zero attached hydrogens (tertiary/aromatic N) is 1. The lowest BCUT2D eigenvalue weighted by Crippen LogP contribution is -2.53. The van der Waals surface area contributed by atoms with Gasteiger partial charge in [-0.3, -0.25) is 4.90 Å². The third kappa shape index (κ3) is 4.54. The molecule has 1 aliphatic heterocycles. The standard InChI is InChI=1S/C13H19NO2.ClH/c15-9-5-4-8-14-10-13(11-14)16-12-6-2-1-3-7-12;/h1-3,6-7,13,15H,4-5,8-11H2;1H. The first-order valence-electron chi connectivity index (χ1n) is 5.93. The summed E-state index contributed by atoms with van der Waals surface area (Å²) >= 11 is 0.